The number of alkyl halides is 3. The number of hydrogen-bond acceptors (Lipinski definition) is 5. The molecule has 0 heterocycles. The van der Waals surface area contributed by atoms with Gasteiger partial charge in [0.1, 0.15) is 6.04 Å². The summed E-state index contributed by atoms with van der Waals surface area (Å²) in [5, 5.41) is 14.0. The third kappa shape index (κ3) is 11.4. The fraction of sp³-hybridized carbons (Fsp3) is 0.500. The molecule has 2 rings (SSSR count). The van der Waals surface area contributed by atoms with Crippen LogP contribution in [0.2, 0.25) is 0 Å². The number of nitrogens with one attached hydrogen (secondary N) is 5. The zero-order chi connectivity index (χ0) is 30.8. The molecule has 0 aromatic heterocycles. The Morgan fingerprint density at radius 2 is 1.68 bits per heavy atom. The number of carbonyl (C=O) groups excluding carboxylic acids is 3. The Balaban J connectivity index is 2.10. The minimum atomic E-state index is -4.63. The zero-order valence-corrected chi connectivity index (χ0v) is 24.6. The van der Waals surface area contributed by atoms with Crippen LogP contribution >= 0.6 is 0 Å². The van der Waals surface area contributed by atoms with Crippen molar-refractivity contribution in [2.45, 2.75) is 78.7 Å². The molecule has 0 fully saturated rings. The van der Waals surface area contributed by atoms with Gasteiger partial charge in [0, 0.05) is 30.9 Å². The van der Waals surface area contributed by atoms with Crippen LogP contribution in [0.1, 0.15) is 73.1 Å². The van der Waals surface area contributed by atoms with Gasteiger partial charge in [-0.2, -0.15) is 13.2 Å². The van der Waals surface area contributed by atoms with Crippen LogP contribution in [0, 0.1) is 13.8 Å². The van der Waals surface area contributed by atoms with Crippen molar-refractivity contribution in [1.82, 2.24) is 21.3 Å². The molecule has 8 nitrogen and oxygen atoms in total. The second-order valence-electron chi connectivity index (χ2n) is 11.1. The predicted molar refractivity (Wildman–Crippen MR) is 155 cm³/mol. The van der Waals surface area contributed by atoms with Crippen LogP contribution in [0.3, 0.4) is 0 Å². The number of amides is 3. The van der Waals surface area contributed by atoms with Gasteiger partial charge >= 0.3 is 6.18 Å². The van der Waals surface area contributed by atoms with Crippen molar-refractivity contribution in [2.24, 2.45) is 0 Å². The Morgan fingerprint density at radius 3 is 2.29 bits per heavy atom. The highest BCUT2D eigenvalue weighted by Crippen LogP contribution is 2.32. The normalized spacial score (nSPS) is 12.4. The molecule has 2 aromatic rings. The monoisotopic (exact) mass is 577 g/mol. The van der Waals surface area contributed by atoms with Crippen molar-refractivity contribution in [3.8, 4) is 0 Å². The van der Waals surface area contributed by atoms with Gasteiger partial charge in [-0.3, -0.25) is 14.4 Å². The molecule has 1 unspecified atom stereocenters. The maximum atomic E-state index is 13.3. The van der Waals surface area contributed by atoms with Gasteiger partial charge in [0.2, 0.25) is 11.8 Å². The van der Waals surface area contributed by atoms with Gasteiger partial charge in [-0.15, -0.1) is 0 Å². The van der Waals surface area contributed by atoms with Crippen molar-refractivity contribution in [1.29, 1.82) is 0 Å². The number of benzene rings is 2. The molecule has 0 spiro atoms. The van der Waals surface area contributed by atoms with Crippen molar-refractivity contribution in [3.05, 3.63) is 64.2 Å². The summed E-state index contributed by atoms with van der Waals surface area (Å²) in [4.78, 5) is 38.6. The van der Waals surface area contributed by atoms with Crippen molar-refractivity contribution < 1.29 is 27.6 Å². The fourth-order valence-electron chi connectivity index (χ4n) is 4.02. The first kappa shape index (κ1) is 33.6. The third-order valence-corrected chi connectivity index (χ3v) is 6.16. The van der Waals surface area contributed by atoms with Crippen LogP contribution in [0.5, 0.6) is 0 Å². The summed E-state index contributed by atoms with van der Waals surface area (Å²) in [5.41, 5.74) is 1.78. The molecule has 5 N–H and O–H groups in total. The Bertz CT molecular complexity index is 1210. The first-order valence-electron chi connectivity index (χ1n) is 13.7. The van der Waals surface area contributed by atoms with E-state index in [1.54, 1.807) is 0 Å². The SMILES string of the molecule is CCCCNc1ccc(C(F)(F)F)cc1C(=O)NCC(=O)NC(CNCc1ccc(C)cc1C)C(=O)NC(C)(C)C. The lowest BCUT2D eigenvalue weighted by Crippen LogP contribution is -2.56. The van der Waals surface area contributed by atoms with E-state index < -0.39 is 47.6 Å². The lowest BCUT2D eigenvalue weighted by molar-refractivity contribution is -0.137. The number of rotatable bonds is 13. The van der Waals surface area contributed by atoms with Gasteiger partial charge in [0.05, 0.1) is 17.7 Å². The first-order chi connectivity index (χ1) is 19.1. The van der Waals surface area contributed by atoms with E-state index in [9.17, 15) is 27.6 Å². The Hall–Kier alpha value is -3.60. The number of anilines is 1. The van der Waals surface area contributed by atoms with E-state index in [0.717, 1.165) is 41.7 Å². The molecule has 2 aromatic carbocycles. The summed E-state index contributed by atoms with van der Waals surface area (Å²) in [6.45, 7) is 11.9. The molecule has 0 aliphatic rings. The Kier molecular flexibility index (Phi) is 12.2. The van der Waals surface area contributed by atoms with E-state index in [1.165, 1.54) is 6.07 Å². The van der Waals surface area contributed by atoms with Crippen LogP contribution in [0.15, 0.2) is 36.4 Å². The van der Waals surface area contributed by atoms with E-state index >= 15 is 0 Å². The van der Waals surface area contributed by atoms with Gasteiger partial charge < -0.3 is 26.6 Å². The van der Waals surface area contributed by atoms with E-state index in [2.05, 4.69) is 32.7 Å². The number of carbonyl (C=O) groups is 3. The van der Waals surface area contributed by atoms with E-state index in [0.29, 0.717) is 13.1 Å². The number of hydrogen-bond donors (Lipinski definition) is 5. The summed E-state index contributed by atoms with van der Waals surface area (Å²) < 4.78 is 39.9. The molecule has 226 valence electrons. The molecule has 0 bridgehead atoms. The molecular formula is C30H42F3N5O3. The minimum absolute atomic E-state index is 0.119. The van der Waals surface area contributed by atoms with Crippen molar-refractivity contribution in [2.75, 3.05) is 25.0 Å². The van der Waals surface area contributed by atoms with Gasteiger partial charge in [-0.05, 0) is 70.4 Å². The van der Waals surface area contributed by atoms with Gasteiger partial charge in [0.15, 0.2) is 0 Å². The minimum Gasteiger partial charge on any atom is -0.384 e. The largest absolute Gasteiger partial charge is 0.416 e. The molecule has 11 heteroatoms. The van der Waals surface area contributed by atoms with Crippen LogP contribution < -0.4 is 26.6 Å². The molecule has 41 heavy (non-hydrogen) atoms. The highest BCUT2D eigenvalue weighted by Gasteiger charge is 2.32. The van der Waals surface area contributed by atoms with E-state index in [4.69, 9.17) is 0 Å². The van der Waals surface area contributed by atoms with Crippen LogP contribution in [-0.2, 0) is 22.3 Å². The Morgan fingerprint density at radius 1 is 0.976 bits per heavy atom. The average Bonchev–Trinajstić information content (AvgIpc) is 2.86. The van der Waals surface area contributed by atoms with Gasteiger partial charge in [-0.25, -0.2) is 0 Å². The van der Waals surface area contributed by atoms with E-state index in [1.807, 2.05) is 53.7 Å². The maximum absolute atomic E-state index is 13.3. The quantitative estimate of drug-likeness (QED) is 0.226. The first-order valence-corrected chi connectivity index (χ1v) is 13.7. The van der Waals surface area contributed by atoms with E-state index in [-0.39, 0.29) is 17.8 Å². The second-order valence-corrected chi connectivity index (χ2v) is 11.1. The molecule has 3 amide bonds. The molecular weight excluding hydrogens is 535 g/mol. The molecule has 0 aliphatic carbocycles. The van der Waals surface area contributed by atoms with Crippen LogP contribution in [-0.4, -0.2) is 48.9 Å². The summed E-state index contributed by atoms with van der Waals surface area (Å²) >= 11 is 0. The highest BCUT2D eigenvalue weighted by molar-refractivity contribution is 6.01. The fourth-order valence-corrected chi connectivity index (χ4v) is 4.02. The standard InChI is InChI=1S/C30H42F3N5O3/c1-7-8-13-35-24-12-11-22(30(31,32)33)15-23(24)27(40)36-18-26(39)37-25(28(41)38-29(4,5)6)17-34-16-21-10-9-19(2)14-20(21)3/h9-12,14-15,25,34-35H,7-8,13,16-18H2,1-6H3,(H,36,40)(H,37,39)(H,38,41). The maximum Gasteiger partial charge on any atom is 0.416 e. The molecule has 0 radical (unpaired) electrons. The molecule has 0 saturated carbocycles. The Labute approximate surface area is 240 Å². The molecule has 0 aliphatic heterocycles. The van der Waals surface area contributed by atoms with Gasteiger partial charge in [-0.1, -0.05) is 37.1 Å². The number of unbranched alkanes of at least 4 members (excludes halogenated alkanes) is 1. The molecule has 0 saturated heterocycles. The molecule has 1 atom stereocenters. The lowest BCUT2D eigenvalue weighted by atomic mass is 10.1. The predicted octanol–water partition coefficient (Wildman–Crippen LogP) is 4.45. The second kappa shape index (κ2) is 14.9. The summed E-state index contributed by atoms with van der Waals surface area (Å²) in [6.07, 6.45) is -3.01. The average molecular weight is 578 g/mol. The topological polar surface area (TPSA) is 111 Å². The third-order valence-electron chi connectivity index (χ3n) is 6.16. The van der Waals surface area contributed by atoms with Crippen molar-refractivity contribution >= 4 is 23.4 Å². The van der Waals surface area contributed by atoms with Gasteiger partial charge in [0.25, 0.3) is 5.91 Å². The number of halogens is 3. The highest BCUT2D eigenvalue weighted by atomic mass is 19.4. The smallest absolute Gasteiger partial charge is 0.384 e. The van der Waals surface area contributed by atoms with Crippen molar-refractivity contribution in [3.63, 3.8) is 0 Å². The summed E-state index contributed by atoms with van der Waals surface area (Å²) in [6, 6.07) is 7.97. The van der Waals surface area contributed by atoms with Crippen LogP contribution in [0.4, 0.5) is 18.9 Å². The van der Waals surface area contributed by atoms with Crippen LogP contribution in [0.25, 0.3) is 0 Å². The summed E-state index contributed by atoms with van der Waals surface area (Å²) in [5.74, 6) is -1.91. The lowest BCUT2D eigenvalue weighted by Gasteiger charge is -2.26. The summed E-state index contributed by atoms with van der Waals surface area (Å²) in [7, 11) is 0. The number of aryl methyl sites for hydroxylation is 2. The zero-order valence-electron chi connectivity index (χ0n) is 24.6.